The summed E-state index contributed by atoms with van der Waals surface area (Å²) in [5.74, 6) is 0.201. The van der Waals surface area contributed by atoms with Crippen LogP contribution in [0.1, 0.15) is 26.2 Å². The number of likely N-dealkylation sites (tertiary alicyclic amines) is 3. The predicted octanol–water partition coefficient (Wildman–Crippen LogP) is -0.0478. The van der Waals surface area contributed by atoms with Crippen molar-refractivity contribution in [3.05, 3.63) is 0 Å². The quantitative estimate of drug-likeness (QED) is 0.708. The third-order valence-corrected chi connectivity index (χ3v) is 6.39. The van der Waals surface area contributed by atoms with Crippen molar-refractivity contribution in [1.82, 2.24) is 14.7 Å². The maximum Gasteiger partial charge on any atom is 0.248 e. The lowest BCUT2D eigenvalue weighted by atomic mass is 9.60. The molecule has 0 radical (unpaired) electrons. The SMILES string of the molecule is COCC(=O)N1CCC2(CC1)CN(C(C)=O)C[C@]21CCN(C)C1=O. The van der Waals surface area contributed by atoms with Crippen molar-refractivity contribution in [2.75, 3.05) is 53.5 Å². The second-order valence-electron chi connectivity index (χ2n) is 7.53. The van der Waals surface area contributed by atoms with Gasteiger partial charge in [0.2, 0.25) is 17.7 Å². The number of methoxy groups -OCH3 is 1. The second-order valence-corrected chi connectivity index (χ2v) is 7.53. The van der Waals surface area contributed by atoms with Crippen LogP contribution in [0.15, 0.2) is 0 Å². The van der Waals surface area contributed by atoms with Crippen LogP contribution < -0.4 is 0 Å². The molecule has 2 spiro atoms. The van der Waals surface area contributed by atoms with Crippen molar-refractivity contribution >= 4 is 17.7 Å². The second kappa shape index (κ2) is 6.02. The number of carbonyl (C=O) groups excluding carboxylic acids is 3. The number of fused-ring (bicyclic) bond motifs is 1. The summed E-state index contributed by atoms with van der Waals surface area (Å²) in [5.41, 5.74) is -0.672. The fourth-order valence-electron chi connectivity index (χ4n) is 4.90. The van der Waals surface area contributed by atoms with Gasteiger partial charge in [-0.15, -0.1) is 0 Å². The Morgan fingerprint density at radius 3 is 2.25 bits per heavy atom. The minimum absolute atomic E-state index is 0.00214. The van der Waals surface area contributed by atoms with Gasteiger partial charge < -0.3 is 19.4 Å². The number of ether oxygens (including phenoxy) is 1. The van der Waals surface area contributed by atoms with Gasteiger partial charge in [-0.1, -0.05) is 0 Å². The van der Waals surface area contributed by atoms with Gasteiger partial charge in [-0.05, 0) is 19.3 Å². The van der Waals surface area contributed by atoms with Gasteiger partial charge in [-0.2, -0.15) is 0 Å². The van der Waals surface area contributed by atoms with Gasteiger partial charge in [0.1, 0.15) is 6.61 Å². The van der Waals surface area contributed by atoms with Crippen LogP contribution >= 0.6 is 0 Å². The topological polar surface area (TPSA) is 70.2 Å². The van der Waals surface area contributed by atoms with E-state index in [0.717, 1.165) is 25.8 Å². The molecular formula is C17H27N3O4. The molecular weight excluding hydrogens is 310 g/mol. The van der Waals surface area contributed by atoms with Gasteiger partial charge in [-0.3, -0.25) is 14.4 Å². The Bertz CT molecular complexity index is 556. The van der Waals surface area contributed by atoms with Crippen LogP contribution in [0.25, 0.3) is 0 Å². The lowest BCUT2D eigenvalue weighted by molar-refractivity contribution is -0.144. The molecule has 3 aliphatic rings. The Labute approximate surface area is 142 Å². The summed E-state index contributed by atoms with van der Waals surface area (Å²) in [5, 5.41) is 0. The van der Waals surface area contributed by atoms with Gasteiger partial charge in [-0.25, -0.2) is 0 Å². The molecule has 3 saturated heterocycles. The van der Waals surface area contributed by atoms with Crippen LogP contribution in [0.4, 0.5) is 0 Å². The van der Waals surface area contributed by atoms with Crippen molar-refractivity contribution in [2.24, 2.45) is 10.8 Å². The molecule has 0 aromatic heterocycles. The summed E-state index contributed by atoms with van der Waals surface area (Å²) in [6.45, 7) is 4.84. The number of hydrogen-bond acceptors (Lipinski definition) is 4. The Morgan fingerprint density at radius 2 is 1.75 bits per heavy atom. The summed E-state index contributed by atoms with van der Waals surface area (Å²) in [6.07, 6.45) is 2.34. The third-order valence-electron chi connectivity index (χ3n) is 6.39. The summed E-state index contributed by atoms with van der Waals surface area (Å²) < 4.78 is 4.94. The highest BCUT2D eigenvalue weighted by atomic mass is 16.5. The van der Waals surface area contributed by atoms with Crippen molar-refractivity contribution < 1.29 is 19.1 Å². The molecule has 0 saturated carbocycles. The molecule has 0 aliphatic carbocycles. The van der Waals surface area contributed by atoms with E-state index < -0.39 is 5.41 Å². The van der Waals surface area contributed by atoms with E-state index in [-0.39, 0.29) is 29.7 Å². The zero-order valence-electron chi connectivity index (χ0n) is 14.8. The Balaban J connectivity index is 1.84. The number of nitrogens with zero attached hydrogens (tertiary/aromatic N) is 3. The zero-order valence-corrected chi connectivity index (χ0v) is 14.8. The highest BCUT2D eigenvalue weighted by molar-refractivity contribution is 5.88. The normalized spacial score (nSPS) is 29.1. The van der Waals surface area contributed by atoms with E-state index in [1.165, 1.54) is 7.11 Å². The van der Waals surface area contributed by atoms with Gasteiger partial charge in [0.15, 0.2) is 0 Å². The van der Waals surface area contributed by atoms with Crippen LogP contribution in [-0.4, -0.2) is 85.9 Å². The summed E-state index contributed by atoms with van der Waals surface area (Å²) in [6, 6.07) is 0. The molecule has 3 fully saturated rings. The lowest BCUT2D eigenvalue weighted by Crippen LogP contribution is -2.53. The molecule has 0 N–H and O–H groups in total. The van der Waals surface area contributed by atoms with E-state index in [1.807, 2.05) is 16.8 Å². The third kappa shape index (κ3) is 2.41. The molecule has 0 unspecified atom stereocenters. The highest BCUT2D eigenvalue weighted by Gasteiger charge is 2.65. The largest absolute Gasteiger partial charge is 0.375 e. The van der Waals surface area contributed by atoms with E-state index in [9.17, 15) is 14.4 Å². The summed E-state index contributed by atoms with van der Waals surface area (Å²) in [4.78, 5) is 42.5. The van der Waals surface area contributed by atoms with Crippen molar-refractivity contribution in [3.63, 3.8) is 0 Å². The van der Waals surface area contributed by atoms with Crippen molar-refractivity contribution in [1.29, 1.82) is 0 Å². The van der Waals surface area contributed by atoms with Crippen LogP contribution in [-0.2, 0) is 19.1 Å². The van der Waals surface area contributed by atoms with Crippen LogP contribution in [0.2, 0.25) is 0 Å². The lowest BCUT2D eigenvalue weighted by Gasteiger charge is -2.46. The molecule has 7 heteroatoms. The Kier molecular flexibility index (Phi) is 4.32. The zero-order chi connectivity index (χ0) is 17.5. The van der Waals surface area contributed by atoms with Crippen LogP contribution in [0.5, 0.6) is 0 Å². The average molecular weight is 337 g/mol. The molecule has 3 amide bonds. The molecule has 7 nitrogen and oxygen atoms in total. The molecule has 24 heavy (non-hydrogen) atoms. The van der Waals surface area contributed by atoms with Crippen molar-refractivity contribution in [2.45, 2.75) is 26.2 Å². The standard InChI is InChI=1S/C17H27N3O4/c1-13(21)20-11-16(17(12-20)6-7-18(2)15(17)23)4-8-19(9-5-16)14(22)10-24-3/h4-12H2,1-3H3/t17-/m0/s1. The molecule has 0 aromatic carbocycles. The molecule has 3 heterocycles. The maximum absolute atomic E-state index is 13.0. The molecule has 134 valence electrons. The predicted molar refractivity (Wildman–Crippen MR) is 87.1 cm³/mol. The monoisotopic (exact) mass is 337 g/mol. The van der Waals surface area contributed by atoms with E-state index >= 15 is 0 Å². The van der Waals surface area contributed by atoms with E-state index in [2.05, 4.69) is 0 Å². The highest BCUT2D eigenvalue weighted by Crippen LogP contribution is 2.57. The van der Waals surface area contributed by atoms with Gasteiger partial charge in [0.25, 0.3) is 0 Å². The van der Waals surface area contributed by atoms with Gasteiger partial charge in [0.05, 0.1) is 5.41 Å². The van der Waals surface area contributed by atoms with E-state index in [1.54, 1.807) is 11.8 Å². The molecule has 0 aromatic rings. The number of carbonyl (C=O) groups is 3. The van der Waals surface area contributed by atoms with Gasteiger partial charge >= 0.3 is 0 Å². The number of hydrogen-bond donors (Lipinski definition) is 0. The Morgan fingerprint density at radius 1 is 1.08 bits per heavy atom. The maximum atomic E-state index is 13.0. The molecule has 3 rings (SSSR count). The van der Waals surface area contributed by atoms with Gasteiger partial charge in [0, 0.05) is 59.2 Å². The first-order chi connectivity index (χ1) is 11.3. The minimum atomic E-state index is -0.468. The Hall–Kier alpha value is -1.63. The molecule has 3 aliphatic heterocycles. The minimum Gasteiger partial charge on any atom is -0.375 e. The van der Waals surface area contributed by atoms with Crippen molar-refractivity contribution in [3.8, 4) is 0 Å². The smallest absolute Gasteiger partial charge is 0.248 e. The number of piperidine rings is 1. The first kappa shape index (κ1) is 17.2. The number of rotatable bonds is 2. The average Bonchev–Trinajstić information content (AvgIpc) is 3.02. The number of amides is 3. The summed E-state index contributed by atoms with van der Waals surface area (Å²) in [7, 11) is 3.37. The fraction of sp³-hybridized carbons (Fsp3) is 0.824. The first-order valence-electron chi connectivity index (χ1n) is 8.63. The fourth-order valence-corrected chi connectivity index (χ4v) is 4.90. The summed E-state index contributed by atoms with van der Waals surface area (Å²) >= 11 is 0. The van der Waals surface area contributed by atoms with Crippen LogP contribution in [0.3, 0.4) is 0 Å². The first-order valence-corrected chi connectivity index (χ1v) is 8.63. The van der Waals surface area contributed by atoms with Crippen LogP contribution in [0, 0.1) is 10.8 Å². The molecule has 1 atom stereocenters. The molecule has 0 bridgehead atoms. The van der Waals surface area contributed by atoms with E-state index in [0.29, 0.717) is 26.2 Å². The van der Waals surface area contributed by atoms with E-state index in [4.69, 9.17) is 4.74 Å².